The molecule has 1 aliphatic rings. The lowest BCUT2D eigenvalue weighted by Crippen LogP contribution is -2.55. The van der Waals surface area contributed by atoms with Crippen molar-refractivity contribution in [2.45, 2.75) is 44.2 Å². The first-order valence-electron chi connectivity index (χ1n) is 11.9. The number of amides is 1. The van der Waals surface area contributed by atoms with Gasteiger partial charge in [0.05, 0.1) is 5.92 Å². The van der Waals surface area contributed by atoms with Crippen LogP contribution < -0.4 is 4.90 Å². The molecule has 0 saturated carbocycles. The van der Waals surface area contributed by atoms with Crippen LogP contribution in [0, 0.1) is 0 Å². The quantitative estimate of drug-likeness (QED) is 0.546. The van der Waals surface area contributed by atoms with Gasteiger partial charge in [0.25, 0.3) is 0 Å². The van der Waals surface area contributed by atoms with Gasteiger partial charge in [0.15, 0.2) is 0 Å². The SMILES string of the molecule is CCc1cccc(N(C)[C@@H]2CCN(C(=O)C(c3ccccc3)c3ccccc3)[C@H](C(=O)O)C2)c1. The summed E-state index contributed by atoms with van der Waals surface area (Å²) in [5, 5.41) is 10.1. The second kappa shape index (κ2) is 10.6. The Morgan fingerprint density at radius 3 is 2.15 bits per heavy atom. The van der Waals surface area contributed by atoms with E-state index in [1.807, 2.05) is 73.8 Å². The largest absolute Gasteiger partial charge is 0.480 e. The number of rotatable bonds is 7. The van der Waals surface area contributed by atoms with E-state index in [1.54, 1.807) is 4.90 Å². The minimum atomic E-state index is -0.950. The summed E-state index contributed by atoms with van der Waals surface area (Å²) in [6, 6.07) is 26.8. The van der Waals surface area contributed by atoms with Crippen LogP contribution in [0.3, 0.4) is 0 Å². The fourth-order valence-electron chi connectivity index (χ4n) is 4.94. The third kappa shape index (κ3) is 4.98. The van der Waals surface area contributed by atoms with Crippen LogP contribution in [0.15, 0.2) is 84.9 Å². The molecule has 176 valence electrons. The Bertz CT molecular complexity index is 1080. The van der Waals surface area contributed by atoms with Gasteiger partial charge in [0.1, 0.15) is 6.04 Å². The number of hydrogen-bond acceptors (Lipinski definition) is 3. The summed E-state index contributed by atoms with van der Waals surface area (Å²) in [6.45, 7) is 2.54. The fraction of sp³-hybridized carbons (Fsp3) is 0.310. The molecule has 5 heteroatoms. The van der Waals surface area contributed by atoms with E-state index in [2.05, 4.69) is 30.0 Å². The number of carbonyl (C=O) groups is 2. The Morgan fingerprint density at radius 2 is 1.59 bits per heavy atom. The number of anilines is 1. The molecule has 0 aliphatic carbocycles. The second-order valence-corrected chi connectivity index (χ2v) is 8.95. The number of aryl methyl sites for hydroxylation is 1. The molecular formula is C29H32N2O3. The molecular weight excluding hydrogens is 424 g/mol. The number of piperidine rings is 1. The van der Waals surface area contributed by atoms with E-state index in [9.17, 15) is 14.7 Å². The van der Waals surface area contributed by atoms with E-state index in [4.69, 9.17) is 0 Å². The zero-order valence-corrected chi connectivity index (χ0v) is 19.8. The maximum absolute atomic E-state index is 13.9. The van der Waals surface area contributed by atoms with Crippen LogP contribution in [0.25, 0.3) is 0 Å². The first-order valence-corrected chi connectivity index (χ1v) is 11.9. The van der Waals surface area contributed by atoms with Crippen molar-refractivity contribution < 1.29 is 14.7 Å². The van der Waals surface area contributed by atoms with Crippen molar-refractivity contribution in [2.24, 2.45) is 0 Å². The molecule has 34 heavy (non-hydrogen) atoms. The van der Waals surface area contributed by atoms with E-state index in [-0.39, 0.29) is 11.9 Å². The van der Waals surface area contributed by atoms with Gasteiger partial charge in [-0.15, -0.1) is 0 Å². The Hall–Kier alpha value is -3.60. The molecule has 0 aromatic heterocycles. The highest BCUT2D eigenvalue weighted by atomic mass is 16.4. The molecule has 1 heterocycles. The van der Waals surface area contributed by atoms with Gasteiger partial charge in [-0.25, -0.2) is 4.79 Å². The van der Waals surface area contributed by atoms with Crippen molar-refractivity contribution in [1.82, 2.24) is 4.90 Å². The number of likely N-dealkylation sites (tertiary alicyclic amines) is 1. The molecule has 1 fully saturated rings. The monoisotopic (exact) mass is 456 g/mol. The van der Waals surface area contributed by atoms with Crippen LogP contribution >= 0.6 is 0 Å². The predicted molar refractivity (Wildman–Crippen MR) is 135 cm³/mol. The second-order valence-electron chi connectivity index (χ2n) is 8.95. The number of benzene rings is 3. The van der Waals surface area contributed by atoms with Crippen molar-refractivity contribution >= 4 is 17.6 Å². The Labute approximate surface area is 201 Å². The third-order valence-corrected chi connectivity index (χ3v) is 6.93. The van der Waals surface area contributed by atoms with E-state index in [0.29, 0.717) is 13.0 Å². The van der Waals surface area contributed by atoms with Gasteiger partial charge in [0, 0.05) is 25.3 Å². The predicted octanol–water partition coefficient (Wildman–Crippen LogP) is 4.96. The van der Waals surface area contributed by atoms with Gasteiger partial charge in [-0.2, -0.15) is 0 Å². The first kappa shape index (κ1) is 23.6. The van der Waals surface area contributed by atoms with Gasteiger partial charge in [0.2, 0.25) is 5.91 Å². The Morgan fingerprint density at radius 1 is 0.971 bits per heavy atom. The number of aliphatic carboxylic acids is 1. The van der Waals surface area contributed by atoms with Crippen LogP contribution in [0.2, 0.25) is 0 Å². The van der Waals surface area contributed by atoms with E-state index < -0.39 is 17.9 Å². The number of carboxylic acid groups (broad SMARTS) is 1. The van der Waals surface area contributed by atoms with Crippen molar-refractivity contribution in [3.8, 4) is 0 Å². The van der Waals surface area contributed by atoms with Gasteiger partial charge in [-0.05, 0) is 48.1 Å². The van der Waals surface area contributed by atoms with Gasteiger partial charge >= 0.3 is 5.97 Å². The summed E-state index contributed by atoms with van der Waals surface area (Å²) in [5.41, 5.74) is 4.08. The lowest BCUT2D eigenvalue weighted by Gasteiger charge is -2.42. The molecule has 1 aliphatic heterocycles. The normalized spacial score (nSPS) is 18.0. The molecule has 1 N–H and O–H groups in total. The zero-order chi connectivity index (χ0) is 24.1. The molecule has 5 nitrogen and oxygen atoms in total. The van der Waals surface area contributed by atoms with Crippen molar-refractivity contribution in [3.63, 3.8) is 0 Å². The average molecular weight is 457 g/mol. The van der Waals surface area contributed by atoms with Crippen LogP contribution in [0.4, 0.5) is 5.69 Å². The van der Waals surface area contributed by atoms with Crippen molar-refractivity contribution in [3.05, 3.63) is 102 Å². The lowest BCUT2D eigenvalue weighted by molar-refractivity contribution is -0.152. The molecule has 3 aromatic rings. The van der Waals surface area contributed by atoms with Crippen LogP contribution in [-0.2, 0) is 16.0 Å². The number of hydrogen-bond donors (Lipinski definition) is 1. The van der Waals surface area contributed by atoms with Crippen molar-refractivity contribution in [1.29, 1.82) is 0 Å². The molecule has 1 amide bonds. The van der Waals surface area contributed by atoms with Crippen LogP contribution in [-0.4, -0.2) is 47.6 Å². The molecule has 4 rings (SSSR count). The minimum Gasteiger partial charge on any atom is -0.480 e. The van der Waals surface area contributed by atoms with Gasteiger partial charge in [-0.3, -0.25) is 4.79 Å². The van der Waals surface area contributed by atoms with Crippen LogP contribution in [0.5, 0.6) is 0 Å². The molecule has 3 aromatic carbocycles. The Kier molecular flexibility index (Phi) is 7.31. The molecule has 0 unspecified atom stereocenters. The molecule has 0 radical (unpaired) electrons. The van der Waals surface area contributed by atoms with Crippen molar-refractivity contribution in [2.75, 3.05) is 18.5 Å². The van der Waals surface area contributed by atoms with Gasteiger partial charge < -0.3 is 14.9 Å². The molecule has 0 bridgehead atoms. The first-order chi connectivity index (χ1) is 16.5. The summed E-state index contributed by atoms with van der Waals surface area (Å²) in [6.07, 6.45) is 2.07. The fourth-order valence-corrected chi connectivity index (χ4v) is 4.94. The minimum absolute atomic E-state index is 0.0455. The zero-order valence-electron chi connectivity index (χ0n) is 19.8. The molecule has 2 atom stereocenters. The maximum atomic E-state index is 13.9. The third-order valence-electron chi connectivity index (χ3n) is 6.93. The summed E-state index contributed by atoms with van der Waals surface area (Å²) >= 11 is 0. The standard InChI is InChI=1S/C29H32N2O3/c1-3-21-11-10-16-24(19-21)30(2)25-17-18-31(26(20-25)29(33)34)28(32)27(22-12-6-4-7-13-22)23-14-8-5-9-15-23/h4-16,19,25-27H,3,17-18,20H2,1-2H3,(H,33,34)/t25-,26+/m1/s1. The van der Waals surface area contributed by atoms with E-state index in [0.717, 1.165) is 29.7 Å². The highest BCUT2D eigenvalue weighted by Crippen LogP contribution is 2.32. The summed E-state index contributed by atoms with van der Waals surface area (Å²) in [5.74, 6) is -1.63. The average Bonchev–Trinajstić information content (AvgIpc) is 2.89. The highest BCUT2D eigenvalue weighted by molar-refractivity contribution is 5.91. The highest BCUT2D eigenvalue weighted by Gasteiger charge is 2.40. The molecule has 0 spiro atoms. The summed E-state index contributed by atoms with van der Waals surface area (Å²) < 4.78 is 0. The topological polar surface area (TPSA) is 60.9 Å². The summed E-state index contributed by atoms with van der Waals surface area (Å²) in [4.78, 5) is 30.0. The van der Waals surface area contributed by atoms with Gasteiger partial charge in [-0.1, -0.05) is 79.7 Å². The lowest BCUT2D eigenvalue weighted by atomic mass is 9.87. The van der Waals surface area contributed by atoms with E-state index in [1.165, 1.54) is 5.56 Å². The number of carboxylic acids is 1. The summed E-state index contributed by atoms with van der Waals surface area (Å²) in [7, 11) is 2.02. The number of nitrogens with zero attached hydrogens (tertiary/aromatic N) is 2. The molecule has 1 saturated heterocycles. The number of carbonyl (C=O) groups excluding carboxylic acids is 1. The van der Waals surface area contributed by atoms with E-state index >= 15 is 0 Å². The smallest absolute Gasteiger partial charge is 0.326 e. The van der Waals surface area contributed by atoms with Crippen LogP contribution in [0.1, 0.15) is 42.4 Å². The Balaban J connectivity index is 1.60. The maximum Gasteiger partial charge on any atom is 0.326 e.